The summed E-state index contributed by atoms with van der Waals surface area (Å²) in [5.41, 5.74) is 3.18. The third-order valence-corrected chi connectivity index (χ3v) is 8.15. The van der Waals surface area contributed by atoms with Gasteiger partial charge >= 0.3 is 0 Å². The van der Waals surface area contributed by atoms with Crippen LogP contribution in [0.2, 0.25) is 0 Å². The molecule has 5 nitrogen and oxygen atoms in total. The Morgan fingerprint density at radius 1 is 0.939 bits per heavy atom. The van der Waals surface area contributed by atoms with Crippen molar-refractivity contribution < 1.29 is 14.2 Å². The van der Waals surface area contributed by atoms with Crippen LogP contribution in [-0.2, 0) is 0 Å². The Bertz CT molecular complexity index is 1360. The van der Waals surface area contributed by atoms with Crippen molar-refractivity contribution in [2.45, 2.75) is 25.4 Å². The minimum absolute atomic E-state index is 0.0608. The number of rotatable bonds is 1. The first-order valence-electron chi connectivity index (χ1n) is 11.4. The number of nitrogens with zero attached hydrogens (tertiary/aromatic N) is 2. The Balaban J connectivity index is 1.37. The molecule has 4 heterocycles. The summed E-state index contributed by atoms with van der Waals surface area (Å²) in [5.74, 6) is 2.80. The van der Waals surface area contributed by atoms with Gasteiger partial charge in [-0.3, -0.25) is 4.99 Å². The van der Waals surface area contributed by atoms with Gasteiger partial charge in [0.05, 0.1) is 18.3 Å². The van der Waals surface area contributed by atoms with E-state index in [0.717, 1.165) is 33.7 Å². The standard InChI is InChI=1S/C27H24N2O3S/c1-27(2)19-14-32-21-11-10-16-6-3-4-7-17(16)23(21)24(19)28-26-29(27)20(15-33-26)18-8-5-9-22-25(18)31-13-12-30-22/h3-11,15,19,24H,12-14H2,1-2H3/t19-,24-/m0/s1. The van der Waals surface area contributed by atoms with E-state index in [1.54, 1.807) is 11.8 Å². The van der Waals surface area contributed by atoms with Crippen molar-refractivity contribution in [3.8, 4) is 17.2 Å². The highest BCUT2D eigenvalue weighted by Crippen LogP contribution is 2.55. The zero-order valence-corrected chi connectivity index (χ0v) is 19.4. The highest BCUT2D eigenvalue weighted by atomic mass is 32.2. The minimum atomic E-state index is -0.204. The van der Waals surface area contributed by atoms with Gasteiger partial charge in [0, 0.05) is 28.0 Å². The SMILES string of the molecule is CC1(C)[C@H]2COc3ccc4ccccc4c3[C@H]2N=C2SC=C(c3cccc4c3OCCO4)N21. The van der Waals surface area contributed by atoms with E-state index in [1.807, 2.05) is 12.1 Å². The van der Waals surface area contributed by atoms with Crippen molar-refractivity contribution in [1.82, 2.24) is 4.90 Å². The van der Waals surface area contributed by atoms with Crippen LogP contribution in [0.3, 0.4) is 0 Å². The lowest BCUT2D eigenvalue weighted by Gasteiger charge is -2.51. The molecule has 0 fully saturated rings. The van der Waals surface area contributed by atoms with E-state index < -0.39 is 0 Å². The Hall–Kier alpha value is -3.12. The fraction of sp³-hybridized carbons (Fsp3) is 0.296. The van der Waals surface area contributed by atoms with Crippen LogP contribution in [0, 0.1) is 5.92 Å². The van der Waals surface area contributed by atoms with Crippen LogP contribution in [0.1, 0.15) is 31.0 Å². The number of benzene rings is 3. The minimum Gasteiger partial charge on any atom is -0.493 e. The van der Waals surface area contributed by atoms with Crippen molar-refractivity contribution >= 4 is 33.4 Å². The van der Waals surface area contributed by atoms with Gasteiger partial charge in [0.15, 0.2) is 16.7 Å². The first-order valence-corrected chi connectivity index (χ1v) is 12.3. The van der Waals surface area contributed by atoms with E-state index in [0.29, 0.717) is 19.8 Å². The number of aliphatic imine (C=N–C) groups is 1. The molecule has 0 saturated heterocycles. The Labute approximate surface area is 197 Å². The predicted octanol–water partition coefficient (Wildman–Crippen LogP) is 5.86. The van der Waals surface area contributed by atoms with Crippen molar-refractivity contribution in [3.05, 3.63) is 71.1 Å². The third kappa shape index (κ3) is 2.70. The third-order valence-electron chi connectivity index (χ3n) is 7.31. The molecule has 0 unspecified atom stereocenters. The highest BCUT2D eigenvalue weighted by molar-refractivity contribution is 8.16. The van der Waals surface area contributed by atoms with Gasteiger partial charge in [-0.05, 0) is 42.8 Å². The number of para-hydroxylation sites is 1. The average Bonchev–Trinajstić information content (AvgIpc) is 3.28. The summed E-state index contributed by atoms with van der Waals surface area (Å²) in [6, 6.07) is 19.0. The molecule has 3 aromatic carbocycles. The fourth-order valence-corrected chi connectivity index (χ4v) is 6.69. The molecule has 2 atom stereocenters. The van der Waals surface area contributed by atoms with Gasteiger partial charge in [-0.2, -0.15) is 0 Å². The molecule has 7 rings (SSSR count). The quantitative estimate of drug-likeness (QED) is 0.459. The van der Waals surface area contributed by atoms with E-state index in [4.69, 9.17) is 19.2 Å². The molecule has 0 spiro atoms. The molecule has 0 bridgehead atoms. The summed E-state index contributed by atoms with van der Waals surface area (Å²) in [7, 11) is 0. The smallest absolute Gasteiger partial charge is 0.170 e. The molecule has 0 amide bonds. The normalized spacial score (nSPS) is 24.2. The molecule has 166 valence electrons. The van der Waals surface area contributed by atoms with E-state index in [1.165, 1.54) is 16.3 Å². The number of fused-ring (bicyclic) bond motifs is 7. The van der Waals surface area contributed by atoms with E-state index in [2.05, 4.69) is 66.6 Å². The largest absolute Gasteiger partial charge is 0.493 e. The molecule has 0 radical (unpaired) electrons. The lowest BCUT2D eigenvalue weighted by atomic mass is 9.74. The molecule has 0 aromatic heterocycles. The summed E-state index contributed by atoms with van der Waals surface area (Å²) in [5, 5.41) is 5.70. The second-order valence-electron chi connectivity index (χ2n) is 9.41. The summed E-state index contributed by atoms with van der Waals surface area (Å²) in [4.78, 5) is 7.72. The molecule has 4 aliphatic rings. The molecular weight excluding hydrogens is 432 g/mol. The van der Waals surface area contributed by atoms with Crippen molar-refractivity contribution in [2.75, 3.05) is 19.8 Å². The maximum Gasteiger partial charge on any atom is 0.170 e. The first-order chi connectivity index (χ1) is 16.1. The predicted molar refractivity (Wildman–Crippen MR) is 132 cm³/mol. The molecule has 0 saturated carbocycles. The number of thioether (sulfide) groups is 1. The van der Waals surface area contributed by atoms with E-state index in [9.17, 15) is 0 Å². The first kappa shape index (κ1) is 19.4. The fourth-order valence-electron chi connectivity index (χ4n) is 5.63. The van der Waals surface area contributed by atoms with Crippen molar-refractivity contribution in [2.24, 2.45) is 10.9 Å². The molecular formula is C27H24N2O3S. The van der Waals surface area contributed by atoms with Gasteiger partial charge in [0.25, 0.3) is 0 Å². The topological polar surface area (TPSA) is 43.3 Å². The van der Waals surface area contributed by atoms with Crippen LogP contribution in [0.5, 0.6) is 17.2 Å². The van der Waals surface area contributed by atoms with Gasteiger partial charge in [-0.25, -0.2) is 0 Å². The van der Waals surface area contributed by atoms with Crippen LogP contribution in [0.15, 0.2) is 65.0 Å². The van der Waals surface area contributed by atoms with Gasteiger partial charge in [0.1, 0.15) is 19.0 Å². The van der Waals surface area contributed by atoms with Gasteiger partial charge < -0.3 is 19.1 Å². The number of hydrogen-bond acceptors (Lipinski definition) is 6. The Morgan fingerprint density at radius 2 is 1.82 bits per heavy atom. The highest BCUT2D eigenvalue weighted by Gasteiger charge is 2.52. The molecule has 3 aromatic rings. The van der Waals surface area contributed by atoms with Crippen molar-refractivity contribution in [1.29, 1.82) is 0 Å². The van der Waals surface area contributed by atoms with Crippen molar-refractivity contribution in [3.63, 3.8) is 0 Å². The van der Waals surface area contributed by atoms with Crippen LogP contribution < -0.4 is 14.2 Å². The maximum atomic E-state index is 6.35. The van der Waals surface area contributed by atoms with E-state index >= 15 is 0 Å². The molecule has 0 aliphatic carbocycles. The zero-order valence-electron chi connectivity index (χ0n) is 18.6. The van der Waals surface area contributed by atoms with Gasteiger partial charge in [-0.15, -0.1) is 0 Å². The summed E-state index contributed by atoms with van der Waals surface area (Å²) >= 11 is 1.69. The molecule has 33 heavy (non-hydrogen) atoms. The lowest BCUT2D eigenvalue weighted by molar-refractivity contribution is 0.0751. The van der Waals surface area contributed by atoms with Gasteiger partial charge in [0.2, 0.25) is 0 Å². The summed E-state index contributed by atoms with van der Waals surface area (Å²) < 4.78 is 18.2. The average molecular weight is 457 g/mol. The number of amidine groups is 1. The van der Waals surface area contributed by atoms with Crippen LogP contribution >= 0.6 is 11.8 Å². The summed E-state index contributed by atoms with van der Waals surface area (Å²) in [6.07, 6.45) is 0. The van der Waals surface area contributed by atoms with E-state index in [-0.39, 0.29) is 17.5 Å². The maximum absolute atomic E-state index is 6.35. The zero-order chi connectivity index (χ0) is 22.2. The summed E-state index contributed by atoms with van der Waals surface area (Å²) in [6.45, 7) is 6.41. The van der Waals surface area contributed by atoms with Crippen LogP contribution in [0.4, 0.5) is 0 Å². The molecule has 6 heteroatoms. The van der Waals surface area contributed by atoms with Crippen LogP contribution in [-0.4, -0.2) is 35.4 Å². The monoisotopic (exact) mass is 456 g/mol. The second kappa shape index (κ2) is 6.94. The lowest BCUT2D eigenvalue weighted by Crippen LogP contribution is -2.56. The Kier molecular flexibility index (Phi) is 4.07. The molecule has 0 N–H and O–H groups in total. The number of ether oxygens (including phenoxy) is 3. The number of hydrogen-bond donors (Lipinski definition) is 0. The Morgan fingerprint density at radius 3 is 2.76 bits per heavy atom. The van der Waals surface area contributed by atoms with Crippen LogP contribution in [0.25, 0.3) is 16.5 Å². The molecule has 4 aliphatic heterocycles. The van der Waals surface area contributed by atoms with Gasteiger partial charge in [-0.1, -0.05) is 48.2 Å². The second-order valence-corrected chi connectivity index (χ2v) is 10.2.